The van der Waals surface area contributed by atoms with Crippen LogP contribution in [0, 0.1) is 11.3 Å². The number of nitriles is 1. The van der Waals surface area contributed by atoms with E-state index in [1.165, 1.54) is 0 Å². The first-order valence-electron chi connectivity index (χ1n) is 3.90. The third-order valence-electron chi connectivity index (χ3n) is 1.90. The molecule has 0 radical (unpaired) electrons. The Kier molecular flexibility index (Phi) is 2.66. The van der Waals surface area contributed by atoms with Crippen molar-refractivity contribution in [1.82, 2.24) is 0 Å². The van der Waals surface area contributed by atoms with Gasteiger partial charge in [0.1, 0.15) is 0 Å². The van der Waals surface area contributed by atoms with Crippen LogP contribution >= 0.6 is 0 Å². The Bertz CT molecular complexity index is 320. The summed E-state index contributed by atoms with van der Waals surface area (Å²) >= 11 is 0. The van der Waals surface area contributed by atoms with E-state index in [2.05, 4.69) is 19.6 Å². The van der Waals surface area contributed by atoms with E-state index in [1.807, 2.05) is 24.3 Å². The van der Waals surface area contributed by atoms with E-state index in [4.69, 9.17) is 5.26 Å². The summed E-state index contributed by atoms with van der Waals surface area (Å²) < 4.78 is 0. The molecule has 0 amide bonds. The maximum Gasteiger partial charge on any atom is 0.0991 e. The molecule has 1 heteroatoms. The van der Waals surface area contributed by atoms with Crippen LogP contribution in [-0.2, 0) is 0 Å². The van der Waals surface area contributed by atoms with Crippen molar-refractivity contribution >= 4 is 0 Å². The van der Waals surface area contributed by atoms with Crippen molar-refractivity contribution in [3.8, 4) is 6.07 Å². The van der Waals surface area contributed by atoms with Crippen LogP contribution in [0.15, 0.2) is 36.9 Å². The van der Waals surface area contributed by atoms with Crippen molar-refractivity contribution in [3.05, 3.63) is 48.0 Å². The van der Waals surface area contributed by atoms with Gasteiger partial charge in [0.15, 0.2) is 0 Å². The van der Waals surface area contributed by atoms with E-state index in [0.29, 0.717) is 11.5 Å². The predicted octanol–water partition coefficient (Wildman–Crippen LogP) is 2.85. The van der Waals surface area contributed by atoms with Crippen LogP contribution in [-0.4, -0.2) is 0 Å². The van der Waals surface area contributed by atoms with Crippen molar-refractivity contribution in [2.24, 2.45) is 0 Å². The minimum atomic E-state index is 0.318. The lowest BCUT2D eigenvalue weighted by atomic mass is 10.00. The van der Waals surface area contributed by atoms with E-state index in [9.17, 15) is 0 Å². The molecule has 1 aromatic rings. The number of benzene rings is 1. The highest BCUT2D eigenvalue weighted by atomic mass is 14.2. The van der Waals surface area contributed by atoms with Crippen LogP contribution < -0.4 is 0 Å². The monoisotopic (exact) mass is 157 g/mol. The highest BCUT2D eigenvalue weighted by molar-refractivity contribution is 5.35. The summed E-state index contributed by atoms with van der Waals surface area (Å²) in [4.78, 5) is 0. The van der Waals surface area contributed by atoms with Gasteiger partial charge in [-0.05, 0) is 23.6 Å². The molecule has 0 aliphatic carbocycles. The Balaban J connectivity index is 3.03. The first-order chi connectivity index (χ1) is 5.77. The lowest BCUT2D eigenvalue weighted by molar-refractivity contribution is 0.970. The van der Waals surface area contributed by atoms with Crippen LogP contribution in [0.4, 0.5) is 0 Å². The average Bonchev–Trinajstić information content (AvgIpc) is 2.17. The number of hydrogen-bond donors (Lipinski definition) is 0. The molecule has 0 aromatic heterocycles. The summed E-state index contributed by atoms with van der Waals surface area (Å²) in [6, 6.07) is 9.72. The van der Waals surface area contributed by atoms with Crippen LogP contribution in [0.3, 0.4) is 0 Å². The van der Waals surface area contributed by atoms with Crippen LogP contribution in [0.1, 0.15) is 24.0 Å². The molecule has 1 atom stereocenters. The maximum absolute atomic E-state index is 8.64. The van der Waals surface area contributed by atoms with Gasteiger partial charge in [-0.1, -0.05) is 25.1 Å². The fraction of sp³-hybridized carbons (Fsp3) is 0.182. The normalized spacial score (nSPS) is 11.7. The van der Waals surface area contributed by atoms with Crippen LogP contribution in [0.5, 0.6) is 0 Å². The summed E-state index contributed by atoms with van der Waals surface area (Å²) in [6.07, 6.45) is 1.87. The smallest absolute Gasteiger partial charge is 0.0991 e. The van der Waals surface area contributed by atoms with Gasteiger partial charge in [-0.3, -0.25) is 0 Å². The molecule has 1 rings (SSSR count). The van der Waals surface area contributed by atoms with Crippen molar-refractivity contribution in [2.75, 3.05) is 0 Å². The number of hydrogen-bond acceptors (Lipinski definition) is 1. The second kappa shape index (κ2) is 3.73. The highest BCUT2D eigenvalue weighted by Gasteiger charge is 2.00. The van der Waals surface area contributed by atoms with Gasteiger partial charge in [-0.25, -0.2) is 0 Å². The zero-order chi connectivity index (χ0) is 8.97. The van der Waals surface area contributed by atoms with Gasteiger partial charge in [-0.2, -0.15) is 5.26 Å². The lowest BCUT2D eigenvalue weighted by Gasteiger charge is -2.05. The zero-order valence-corrected chi connectivity index (χ0v) is 7.12. The summed E-state index contributed by atoms with van der Waals surface area (Å²) in [5.74, 6) is 0.318. The molecule has 0 N–H and O–H groups in total. The van der Waals surface area contributed by atoms with Crippen LogP contribution in [0.25, 0.3) is 0 Å². The second-order valence-corrected chi connectivity index (χ2v) is 2.76. The molecule has 0 saturated carbocycles. The van der Waals surface area contributed by atoms with Crippen molar-refractivity contribution < 1.29 is 0 Å². The first kappa shape index (κ1) is 8.55. The third kappa shape index (κ3) is 1.73. The third-order valence-corrected chi connectivity index (χ3v) is 1.90. The van der Waals surface area contributed by atoms with Crippen molar-refractivity contribution in [3.63, 3.8) is 0 Å². The molecule has 0 spiro atoms. The van der Waals surface area contributed by atoms with Gasteiger partial charge in [-0.15, -0.1) is 6.58 Å². The fourth-order valence-electron chi connectivity index (χ4n) is 1.03. The topological polar surface area (TPSA) is 23.8 Å². The quantitative estimate of drug-likeness (QED) is 0.605. The van der Waals surface area contributed by atoms with E-state index < -0.39 is 0 Å². The molecular formula is C11H11N. The Morgan fingerprint density at radius 3 is 2.92 bits per heavy atom. The molecular weight excluding hydrogens is 146 g/mol. The molecule has 0 saturated heterocycles. The van der Waals surface area contributed by atoms with E-state index in [-0.39, 0.29) is 0 Å². The summed E-state index contributed by atoms with van der Waals surface area (Å²) in [5.41, 5.74) is 1.85. The van der Waals surface area contributed by atoms with Crippen LogP contribution in [0.2, 0.25) is 0 Å². The molecule has 0 unspecified atom stereocenters. The maximum atomic E-state index is 8.64. The Hall–Kier alpha value is -1.55. The van der Waals surface area contributed by atoms with Gasteiger partial charge in [0.05, 0.1) is 11.6 Å². The van der Waals surface area contributed by atoms with Gasteiger partial charge in [0.25, 0.3) is 0 Å². The standard InChI is InChI=1S/C11H11N/c1-3-9(2)11-6-4-5-10(7-11)8-12/h3-7,9H,1H2,2H3/t9-/m1/s1. The van der Waals surface area contributed by atoms with Gasteiger partial charge < -0.3 is 0 Å². The molecule has 0 heterocycles. The van der Waals surface area contributed by atoms with Crippen molar-refractivity contribution in [1.29, 1.82) is 5.26 Å². The highest BCUT2D eigenvalue weighted by Crippen LogP contribution is 2.16. The first-order valence-corrected chi connectivity index (χ1v) is 3.90. The number of rotatable bonds is 2. The lowest BCUT2D eigenvalue weighted by Crippen LogP contribution is -1.88. The largest absolute Gasteiger partial charge is 0.192 e. The zero-order valence-electron chi connectivity index (χ0n) is 7.12. The van der Waals surface area contributed by atoms with Gasteiger partial charge >= 0.3 is 0 Å². The second-order valence-electron chi connectivity index (χ2n) is 2.76. The molecule has 12 heavy (non-hydrogen) atoms. The average molecular weight is 157 g/mol. The molecule has 0 aliphatic heterocycles. The minimum Gasteiger partial charge on any atom is -0.192 e. The van der Waals surface area contributed by atoms with Crippen molar-refractivity contribution in [2.45, 2.75) is 12.8 Å². The summed E-state index contributed by atoms with van der Waals surface area (Å²) in [6.45, 7) is 5.77. The Labute approximate surface area is 73.0 Å². The van der Waals surface area contributed by atoms with E-state index in [1.54, 1.807) is 6.07 Å². The van der Waals surface area contributed by atoms with E-state index in [0.717, 1.165) is 5.56 Å². The summed E-state index contributed by atoms with van der Waals surface area (Å²) in [5, 5.41) is 8.64. The predicted molar refractivity (Wildman–Crippen MR) is 49.8 cm³/mol. The van der Waals surface area contributed by atoms with Gasteiger partial charge in [0, 0.05) is 0 Å². The summed E-state index contributed by atoms with van der Waals surface area (Å²) in [7, 11) is 0. The molecule has 60 valence electrons. The molecule has 0 aliphatic rings. The Morgan fingerprint density at radius 2 is 2.33 bits per heavy atom. The molecule has 0 bridgehead atoms. The number of allylic oxidation sites excluding steroid dienone is 1. The fourth-order valence-corrected chi connectivity index (χ4v) is 1.03. The minimum absolute atomic E-state index is 0.318. The SMILES string of the molecule is C=C[C@@H](C)c1cccc(C#N)c1. The van der Waals surface area contributed by atoms with Gasteiger partial charge in [0.2, 0.25) is 0 Å². The molecule has 1 aromatic carbocycles. The molecule has 1 nitrogen and oxygen atoms in total. The number of nitrogens with zero attached hydrogens (tertiary/aromatic N) is 1. The van der Waals surface area contributed by atoms with E-state index >= 15 is 0 Å². The Morgan fingerprint density at radius 1 is 1.58 bits per heavy atom. The molecule has 0 fully saturated rings.